The second-order valence-electron chi connectivity index (χ2n) is 4.99. The Morgan fingerprint density at radius 1 is 1.30 bits per heavy atom. The number of aryl methyl sites for hydroxylation is 1. The molecule has 0 saturated carbocycles. The fourth-order valence-corrected chi connectivity index (χ4v) is 2.09. The van der Waals surface area contributed by atoms with E-state index in [2.05, 4.69) is 15.3 Å². The molecule has 0 aliphatic rings. The predicted molar refractivity (Wildman–Crippen MR) is 90.5 cm³/mol. The summed E-state index contributed by atoms with van der Waals surface area (Å²) in [6, 6.07) is 11.1. The largest absolute Gasteiger partial charge is 0.507 e. The molecule has 2 rings (SSSR count). The van der Waals surface area contributed by atoms with E-state index < -0.39 is 0 Å². The summed E-state index contributed by atoms with van der Waals surface area (Å²) < 4.78 is 0. The Hall–Kier alpha value is -3.24. The van der Waals surface area contributed by atoms with E-state index in [4.69, 9.17) is 5.53 Å². The molecule has 0 unspecified atom stereocenters. The Bertz CT molecular complexity index is 807. The van der Waals surface area contributed by atoms with Crippen LogP contribution in [0.5, 0.6) is 5.75 Å². The van der Waals surface area contributed by atoms with Crippen molar-refractivity contribution in [1.29, 1.82) is 0 Å². The highest BCUT2D eigenvalue weighted by atomic mass is 16.3. The van der Waals surface area contributed by atoms with E-state index in [-0.39, 0.29) is 17.3 Å². The molecule has 0 aromatic heterocycles. The van der Waals surface area contributed by atoms with Gasteiger partial charge in [-0.15, -0.1) is 0 Å². The molecule has 1 amide bonds. The normalized spacial score (nSPS) is 10.3. The third kappa shape index (κ3) is 3.90. The van der Waals surface area contributed by atoms with Gasteiger partial charge in [0.1, 0.15) is 5.75 Å². The number of anilines is 1. The number of hydrogen-bond acceptors (Lipinski definition) is 3. The number of nitrogens with zero attached hydrogens (tertiary/aromatic N) is 3. The van der Waals surface area contributed by atoms with Gasteiger partial charge in [-0.3, -0.25) is 4.79 Å². The van der Waals surface area contributed by atoms with Gasteiger partial charge in [0, 0.05) is 16.7 Å². The highest BCUT2D eigenvalue weighted by Crippen LogP contribution is 2.38. The molecule has 0 heterocycles. The topological polar surface area (TPSA) is 98.1 Å². The second-order valence-corrected chi connectivity index (χ2v) is 4.99. The van der Waals surface area contributed by atoms with Crippen molar-refractivity contribution < 1.29 is 9.90 Å². The van der Waals surface area contributed by atoms with Crippen molar-refractivity contribution in [3.8, 4) is 5.75 Å². The summed E-state index contributed by atoms with van der Waals surface area (Å²) in [5.74, 6) is -0.396. The number of hydrogen-bond donors (Lipinski definition) is 2. The quantitative estimate of drug-likeness (QED) is 0.283. The van der Waals surface area contributed by atoms with Gasteiger partial charge in [0.05, 0.1) is 5.69 Å². The minimum Gasteiger partial charge on any atom is -0.507 e. The zero-order chi connectivity index (χ0) is 16.8. The average Bonchev–Trinajstić information content (AvgIpc) is 2.55. The number of carbonyl (C=O) groups is 1. The van der Waals surface area contributed by atoms with Gasteiger partial charge < -0.3 is 10.4 Å². The lowest BCUT2D eigenvalue weighted by Crippen LogP contribution is -2.09. The summed E-state index contributed by atoms with van der Waals surface area (Å²) in [5, 5.41) is 16.1. The standard InChI is InChI=1S/C17H16N4O2/c1-11-10-14(12(2)16(17(11)23)20-21-18)19-15(22)9-8-13-6-4-3-5-7-13/h3-10,23H,1-2H3,(H,19,22). The molecule has 116 valence electrons. The Balaban J connectivity index is 2.25. The monoisotopic (exact) mass is 308 g/mol. The van der Waals surface area contributed by atoms with E-state index in [1.807, 2.05) is 30.3 Å². The number of aromatic hydroxyl groups is 1. The number of carbonyl (C=O) groups excluding carboxylic acids is 1. The maximum atomic E-state index is 12.0. The number of nitrogens with one attached hydrogen (secondary N) is 1. The van der Waals surface area contributed by atoms with Crippen LogP contribution in [0.4, 0.5) is 11.4 Å². The van der Waals surface area contributed by atoms with Gasteiger partial charge in [0.15, 0.2) is 0 Å². The number of azide groups is 1. The smallest absolute Gasteiger partial charge is 0.248 e. The van der Waals surface area contributed by atoms with Crippen LogP contribution >= 0.6 is 0 Å². The van der Waals surface area contributed by atoms with Crippen molar-refractivity contribution in [1.82, 2.24) is 0 Å². The molecule has 6 heteroatoms. The van der Waals surface area contributed by atoms with Gasteiger partial charge in [0.25, 0.3) is 0 Å². The van der Waals surface area contributed by atoms with Crippen molar-refractivity contribution in [2.75, 3.05) is 5.32 Å². The Morgan fingerprint density at radius 2 is 2.00 bits per heavy atom. The van der Waals surface area contributed by atoms with Crippen LogP contribution in [0.1, 0.15) is 16.7 Å². The number of benzene rings is 2. The first-order valence-electron chi connectivity index (χ1n) is 6.95. The van der Waals surface area contributed by atoms with Crippen LogP contribution in [-0.2, 0) is 4.79 Å². The first-order chi connectivity index (χ1) is 11.0. The lowest BCUT2D eigenvalue weighted by Gasteiger charge is -2.12. The molecule has 2 N–H and O–H groups in total. The highest BCUT2D eigenvalue weighted by Gasteiger charge is 2.12. The van der Waals surface area contributed by atoms with Gasteiger partial charge in [-0.2, -0.15) is 0 Å². The number of amides is 1. The van der Waals surface area contributed by atoms with E-state index in [1.54, 1.807) is 26.0 Å². The number of phenols is 1. The van der Waals surface area contributed by atoms with Gasteiger partial charge in [0.2, 0.25) is 5.91 Å². The van der Waals surface area contributed by atoms with Gasteiger partial charge in [-0.1, -0.05) is 35.4 Å². The molecule has 0 fully saturated rings. The molecule has 2 aromatic rings. The summed E-state index contributed by atoms with van der Waals surface area (Å²) in [4.78, 5) is 14.7. The molecule has 23 heavy (non-hydrogen) atoms. The predicted octanol–water partition coefficient (Wildman–Crippen LogP) is 4.60. The maximum Gasteiger partial charge on any atom is 0.248 e. The molecule has 0 radical (unpaired) electrons. The molecule has 6 nitrogen and oxygen atoms in total. The SMILES string of the molecule is Cc1cc(NC(=O)C=Cc2ccccc2)c(C)c(N=[N+]=[N-])c1O. The molecule has 2 aromatic carbocycles. The zero-order valence-corrected chi connectivity index (χ0v) is 12.8. The van der Waals surface area contributed by atoms with Crippen LogP contribution in [-0.4, -0.2) is 11.0 Å². The van der Waals surface area contributed by atoms with Gasteiger partial charge in [-0.05, 0) is 48.2 Å². The third-order valence-corrected chi connectivity index (χ3v) is 3.35. The molecular weight excluding hydrogens is 292 g/mol. The van der Waals surface area contributed by atoms with E-state index >= 15 is 0 Å². The summed E-state index contributed by atoms with van der Waals surface area (Å²) in [7, 11) is 0. The fraction of sp³-hybridized carbons (Fsp3) is 0.118. The number of phenolic OH excluding ortho intramolecular Hbond substituents is 1. The van der Waals surface area contributed by atoms with E-state index in [0.29, 0.717) is 16.8 Å². The highest BCUT2D eigenvalue weighted by molar-refractivity contribution is 6.03. The lowest BCUT2D eigenvalue weighted by molar-refractivity contribution is -0.111. The van der Waals surface area contributed by atoms with Crippen LogP contribution in [0, 0.1) is 13.8 Å². The molecular formula is C17H16N4O2. The van der Waals surface area contributed by atoms with Crippen molar-refractivity contribution in [3.05, 3.63) is 69.6 Å². The molecule has 0 bridgehead atoms. The minimum atomic E-state index is -0.311. The number of rotatable bonds is 4. The van der Waals surface area contributed by atoms with Crippen molar-refractivity contribution in [2.24, 2.45) is 5.11 Å². The van der Waals surface area contributed by atoms with Crippen molar-refractivity contribution >= 4 is 23.4 Å². The molecule has 0 spiro atoms. The molecule has 0 saturated heterocycles. The summed E-state index contributed by atoms with van der Waals surface area (Å²) in [6.07, 6.45) is 3.12. The summed E-state index contributed by atoms with van der Waals surface area (Å²) in [5.41, 5.74) is 11.1. The first kappa shape index (κ1) is 16.1. The lowest BCUT2D eigenvalue weighted by atomic mass is 10.1. The van der Waals surface area contributed by atoms with Crippen LogP contribution in [0.25, 0.3) is 16.5 Å². The molecule has 0 aliphatic carbocycles. The van der Waals surface area contributed by atoms with E-state index in [1.165, 1.54) is 6.08 Å². The van der Waals surface area contributed by atoms with Crippen LogP contribution in [0.15, 0.2) is 47.6 Å². The van der Waals surface area contributed by atoms with E-state index in [9.17, 15) is 9.90 Å². The zero-order valence-electron chi connectivity index (χ0n) is 12.8. The van der Waals surface area contributed by atoms with Crippen LogP contribution < -0.4 is 5.32 Å². The molecule has 0 aliphatic heterocycles. The summed E-state index contributed by atoms with van der Waals surface area (Å²) in [6.45, 7) is 3.33. The van der Waals surface area contributed by atoms with Crippen LogP contribution in [0.2, 0.25) is 0 Å². The van der Waals surface area contributed by atoms with Gasteiger partial charge >= 0.3 is 0 Å². The van der Waals surface area contributed by atoms with Crippen molar-refractivity contribution in [3.63, 3.8) is 0 Å². The molecule has 0 atom stereocenters. The Kier molecular flexibility index (Phi) is 5.02. The Morgan fingerprint density at radius 3 is 2.65 bits per heavy atom. The van der Waals surface area contributed by atoms with E-state index in [0.717, 1.165) is 5.56 Å². The maximum absolute atomic E-state index is 12.0. The van der Waals surface area contributed by atoms with Gasteiger partial charge in [-0.25, -0.2) is 0 Å². The minimum absolute atomic E-state index is 0.0851. The first-order valence-corrected chi connectivity index (χ1v) is 6.95. The second kappa shape index (κ2) is 7.15. The average molecular weight is 308 g/mol. The van der Waals surface area contributed by atoms with Crippen molar-refractivity contribution in [2.45, 2.75) is 13.8 Å². The Labute approximate surface area is 133 Å². The third-order valence-electron chi connectivity index (χ3n) is 3.35. The van der Waals surface area contributed by atoms with Crippen LogP contribution in [0.3, 0.4) is 0 Å². The fourth-order valence-electron chi connectivity index (χ4n) is 2.09. The summed E-state index contributed by atoms with van der Waals surface area (Å²) >= 11 is 0.